The first-order chi connectivity index (χ1) is 9.51. The lowest BCUT2D eigenvalue weighted by Gasteiger charge is -2.09. The molecule has 104 valence electrons. The Hall–Kier alpha value is -2.08. The Labute approximate surface area is 123 Å². The van der Waals surface area contributed by atoms with Crippen LogP contribution in [0, 0.1) is 5.82 Å². The third kappa shape index (κ3) is 3.08. The lowest BCUT2D eigenvalue weighted by molar-refractivity contribution is 0.102. The van der Waals surface area contributed by atoms with Gasteiger partial charge in [-0.15, -0.1) is 0 Å². The van der Waals surface area contributed by atoms with Crippen LogP contribution in [0.4, 0.5) is 15.8 Å². The van der Waals surface area contributed by atoms with Crippen molar-refractivity contribution >= 4 is 33.2 Å². The molecule has 0 aromatic heterocycles. The molecule has 1 amide bonds. The second-order valence-corrected chi connectivity index (χ2v) is 4.90. The van der Waals surface area contributed by atoms with E-state index in [0.29, 0.717) is 15.9 Å². The number of benzene rings is 2. The molecule has 0 unspecified atom stereocenters. The molecule has 0 aliphatic heterocycles. The molecule has 0 bridgehead atoms. The lowest BCUT2D eigenvalue weighted by Crippen LogP contribution is -2.14. The Bertz CT molecular complexity index is 662. The smallest absolute Gasteiger partial charge is 0.258 e. The highest BCUT2D eigenvalue weighted by atomic mass is 79.9. The maximum Gasteiger partial charge on any atom is 0.258 e. The molecule has 0 aliphatic carbocycles. The number of hydrogen-bond donors (Lipinski definition) is 2. The molecule has 0 fully saturated rings. The van der Waals surface area contributed by atoms with Gasteiger partial charge in [0.2, 0.25) is 0 Å². The molecule has 0 radical (unpaired) electrons. The van der Waals surface area contributed by atoms with Crippen molar-refractivity contribution in [3.63, 3.8) is 0 Å². The van der Waals surface area contributed by atoms with Crippen LogP contribution in [0.25, 0.3) is 0 Å². The Kier molecular flexibility index (Phi) is 4.24. The maximum absolute atomic E-state index is 13.6. The Morgan fingerprint density at radius 1 is 1.30 bits per heavy atom. The zero-order valence-corrected chi connectivity index (χ0v) is 12.2. The van der Waals surface area contributed by atoms with Crippen molar-refractivity contribution in [2.75, 3.05) is 18.2 Å². The maximum atomic E-state index is 13.6. The van der Waals surface area contributed by atoms with Gasteiger partial charge in [0.15, 0.2) is 0 Å². The number of carbonyl (C=O) groups is 1. The largest absolute Gasteiger partial charge is 0.496 e. The molecule has 2 rings (SSSR count). The molecule has 2 aromatic rings. The first-order valence-electron chi connectivity index (χ1n) is 5.71. The topological polar surface area (TPSA) is 64.3 Å². The van der Waals surface area contributed by atoms with Crippen LogP contribution in [0.1, 0.15) is 10.4 Å². The summed E-state index contributed by atoms with van der Waals surface area (Å²) < 4.78 is 19.4. The third-order valence-corrected chi connectivity index (χ3v) is 3.27. The van der Waals surface area contributed by atoms with Crippen molar-refractivity contribution in [1.82, 2.24) is 0 Å². The van der Waals surface area contributed by atoms with E-state index < -0.39 is 11.7 Å². The van der Waals surface area contributed by atoms with Crippen molar-refractivity contribution in [3.05, 3.63) is 52.3 Å². The zero-order valence-electron chi connectivity index (χ0n) is 10.6. The lowest BCUT2D eigenvalue weighted by atomic mass is 10.1. The molecular weight excluding hydrogens is 327 g/mol. The number of anilines is 2. The summed E-state index contributed by atoms with van der Waals surface area (Å²) in [6.07, 6.45) is 0. The number of nitrogens with one attached hydrogen (secondary N) is 1. The summed E-state index contributed by atoms with van der Waals surface area (Å²) in [7, 11) is 1.54. The minimum absolute atomic E-state index is 0.0638. The zero-order chi connectivity index (χ0) is 14.7. The van der Waals surface area contributed by atoms with Crippen LogP contribution in [0.15, 0.2) is 40.9 Å². The molecule has 0 heterocycles. The summed E-state index contributed by atoms with van der Waals surface area (Å²) in [6.45, 7) is 0. The number of nitrogen functional groups attached to an aromatic ring is 1. The van der Waals surface area contributed by atoms with E-state index in [1.165, 1.54) is 12.1 Å². The number of ether oxygens (including phenoxy) is 1. The Morgan fingerprint density at radius 2 is 2.05 bits per heavy atom. The monoisotopic (exact) mass is 338 g/mol. The van der Waals surface area contributed by atoms with E-state index in [-0.39, 0.29) is 11.3 Å². The Morgan fingerprint density at radius 3 is 2.65 bits per heavy atom. The van der Waals surface area contributed by atoms with E-state index >= 15 is 0 Å². The summed E-state index contributed by atoms with van der Waals surface area (Å²) in [5.41, 5.74) is 6.17. The predicted molar refractivity (Wildman–Crippen MR) is 79.5 cm³/mol. The number of nitrogens with two attached hydrogens (primary N) is 1. The number of methoxy groups -OCH3 is 1. The number of amides is 1. The Balaban J connectivity index is 2.21. The van der Waals surface area contributed by atoms with Gasteiger partial charge in [0.1, 0.15) is 11.6 Å². The first kappa shape index (κ1) is 14.3. The molecular formula is C14H12BrFN2O2. The fourth-order valence-corrected chi connectivity index (χ4v) is 2.20. The van der Waals surface area contributed by atoms with Crippen molar-refractivity contribution in [3.8, 4) is 5.75 Å². The van der Waals surface area contributed by atoms with Crippen molar-refractivity contribution in [2.24, 2.45) is 0 Å². The summed E-state index contributed by atoms with van der Waals surface area (Å²) in [5.74, 6) is -0.559. The molecule has 0 saturated heterocycles. The molecule has 4 nitrogen and oxygen atoms in total. The molecule has 0 aliphatic rings. The molecule has 6 heteroatoms. The summed E-state index contributed by atoms with van der Waals surface area (Å²) in [6, 6.07) is 8.96. The molecule has 20 heavy (non-hydrogen) atoms. The first-order valence-corrected chi connectivity index (χ1v) is 6.50. The third-order valence-electron chi connectivity index (χ3n) is 2.65. The van der Waals surface area contributed by atoms with Gasteiger partial charge in [0, 0.05) is 11.4 Å². The van der Waals surface area contributed by atoms with Gasteiger partial charge in [0.05, 0.1) is 17.1 Å². The van der Waals surface area contributed by atoms with Gasteiger partial charge >= 0.3 is 0 Å². The van der Waals surface area contributed by atoms with Crippen LogP contribution in [0.3, 0.4) is 0 Å². The number of carbonyl (C=O) groups excluding carboxylic acids is 1. The van der Waals surface area contributed by atoms with Crippen LogP contribution >= 0.6 is 15.9 Å². The van der Waals surface area contributed by atoms with E-state index in [2.05, 4.69) is 21.2 Å². The van der Waals surface area contributed by atoms with Crippen molar-refractivity contribution < 1.29 is 13.9 Å². The fraction of sp³-hybridized carbons (Fsp3) is 0.0714. The van der Waals surface area contributed by atoms with E-state index in [1.807, 2.05) is 0 Å². The number of hydrogen-bond acceptors (Lipinski definition) is 3. The van der Waals surface area contributed by atoms with Crippen molar-refractivity contribution in [2.45, 2.75) is 0 Å². The minimum Gasteiger partial charge on any atom is -0.496 e. The highest BCUT2D eigenvalue weighted by molar-refractivity contribution is 9.10. The highest BCUT2D eigenvalue weighted by Crippen LogP contribution is 2.28. The highest BCUT2D eigenvalue weighted by Gasteiger charge is 2.12. The second-order valence-electron chi connectivity index (χ2n) is 4.04. The van der Waals surface area contributed by atoms with Crippen LogP contribution in [0.5, 0.6) is 5.75 Å². The van der Waals surface area contributed by atoms with Gasteiger partial charge in [-0.25, -0.2) is 4.39 Å². The molecule has 0 saturated carbocycles. The quantitative estimate of drug-likeness (QED) is 0.842. The number of rotatable bonds is 3. The van der Waals surface area contributed by atoms with E-state index in [1.54, 1.807) is 25.3 Å². The van der Waals surface area contributed by atoms with Gasteiger partial charge in [-0.3, -0.25) is 4.79 Å². The standard InChI is InChI=1S/C14H12BrFN2O2/c1-20-13-5-3-9(7-11(13)15)18-14(19)10-4-2-8(17)6-12(10)16/h2-7H,17H2,1H3,(H,18,19). The summed E-state index contributed by atoms with van der Waals surface area (Å²) in [5, 5.41) is 2.61. The van der Waals surface area contributed by atoms with E-state index in [0.717, 1.165) is 6.07 Å². The number of halogens is 2. The van der Waals surface area contributed by atoms with E-state index in [9.17, 15) is 9.18 Å². The summed E-state index contributed by atoms with van der Waals surface area (Å²) in [4.78, 5) is 12.0. The predicted octanol–water partition coefficient (Wildman–Crippen LogP) is 3.43. The van der Waals surface area contributed by atoms with Gasteiger partial charge in [-0.05, 0) is 52.3 Å². The molecule has 0 spiro atoms. The van der Waals surface area contributed by atoms with Crippen LogP contribution < -0.4 is 15.8 Å². The van der Waals surface area contributed by atoms with E-state index in [4.69, 9.17) is 10.5 Å². The minimum atomic E-state index is -0.657. The average Bonchev–Trinajstić information content (AvgIpc) is 2.38. The second kappa shape index (κ2) is 5.92. The van der Waals surface area contributed by atoms with Gasteiger partial charge in [-0.1, -0.05) is 0 Å². The molecule has 0 atom stereocenters. The van der Waals surface area contributed by atoms with Crippen molar-refractivity contribution in [1.29, 1.82) is 0 Å². The van der Waals surface area contributed by atoms with Crippen LogP contribution in [0.2, 0.25) is 0 Å². The van der Waals surface area contributed by atoms with Gasteiger partial charge in [0.25, 0.3) is 5.91 Å². The van der Waals surface area contributed by atoms with Crippen LogP contribution in [-0.2, 0) is 0 Å². The summed E-state index contributed by atoms with van der Waals surface area (Å²) >= 11 is 3.31. The normalized spacial score (nSPS) is 10.2. The van der Waals surface area contributed by atoms with Gasteiger partial charge < -0.3 is 15.8 Å². The molecule has 3 N–H and O–H groups in total. The average molecular weight is 339 g/mol. The fourth-order valence-electron chi connectivity index (χ4n) is 1.66. The van der Waals surface area contributed by atoms with Gasteiger partial charge in [-0.2, -0.15) is 0 Å². The molecule has 2 aromatic carbocycles. The SMILES string of the molecule is COc1ccc(NC(=O)c2ccc(N)cc2F)cc1Br. The van der Waals surface area contributed by atoms with Crippen LogP contribution in [-0.4, -0.2) is 13.0 Å².